The normalized spacial score (nSPS) is 19.6. The second-order valence-electron chi connectivity index (χ2n) is 7.72. The molecule has 0 aromatic heterocycles. The lowest BCUT2D eigenvalue weighted by atomic mass is 9.88. The summed E-state index contributed by atoms with van der Waals surface area (Å²) in [6.07, 6.45) is 11.1. The lowest BCUT2D eigenvalue weighted by Gasteiger charge is -2.24. The zero-order chi connectivity index (χ0) is 20.0. The van der Waals surface area contributed by atoms with E-state index in [1.165, 1.54) is 11.3 Å². The third kappa shape index (κ3) is 2.90. The Morgan fingerprint density at radius 2 is 1.52 bits per heavy atom. The lowest BCUT2D eigenvalue weighted by Crippen LogP contribution is -2.13. The average Bonchev–Trinajstić information content (AvgIpc) is 3.01. The van der Waals surface area contributed by atoms with Crippen molar-refractivity contribution >= 4 is 22.8 Å². The van der Waals surface area contributed by atoms with Crippen LogP contribution in [0.3, 0.4) is 0 Å². The van der Waals surface area contributed by atoms with Crippen molar-refractivity contribution in [2.75, 3.05) is 11.9 Å². The van der Waals surface area contributed by atoms with Gasteiger partial charge in [0.15, 0.2) is 11.6 Å². The Morgan fingerprint density at radius 3 is 2.24 bits per heavy atom. The second kappa shape index (κ2) is 6.85. The number of hydrogen-bond donors (Lipinski definition) is 0. The molecule has 2 aromatic carbocycles. The van der Waals surface area contributed by atoms with Crippen molar-refractivity contribution in [2.45, 2.75) is 19.3 Å². The Labute approximate surface area is 170 Å². The van der Waals surface area contributed by atoms with Gasteiger partial charge < -0.3 is 4.90 Å². The number of rotatable bonds is 1. The van der Waals surface area contributed by atoms with E-state index in [4.69, 9.17) is 0 Å². The predicted octanol–water partition coefficient (Wildman–Crippen LogP) is 5.52. The number of ketones is 2. The van der Waals surface area contributed by atoms with Gasteiger partial charge in [-0.1, -0.05) is 54.6 Å². The molecule has 0 atom stereocenters. The van der Waals surface area contributed by atoms with Crippen LogP contribution < -0.4 is 4.90 Å². The van der Waals surface area contributed by atoms with Gasteiger partial charge in [-0.2, -0.15) is 0 Å². The van der Waals surface area contributed by atoms with E-state index in [-0.39, 0.29) is 11.6 Å². The molecule has 0 saturated carbocycles. The van der Waals surface area contributed by atoms with E-state index in [0.717, 1.165) is 36.0 Å². The number of Topliss-reactive ketones (excluding diaryl/α,β-unsaturated/α-hetero) is 2. The van der Waals surface area contributed by atoms with Gasteiger partial charge >= 0.3 is 0 Å². The molecule has 5 rings (SSSR count). The molecule has 0 radical (unpaired) electrons. The first-order valence-corrected chi connectivity index (χ1v) is 9.98. The number of nitrogens with zero attached hydrogens (tertiary/aromatic N) is 1. The maximum absolute atomic E-state index is 12.9. The number of carbonyl (C=O) groups excluding carboxylic acids is 2. The number of anilines is 1. The molecule has 0 fully saturated rings. The van der Waals surface area contributed by atoms with Crippen LogP contribution in [0.4, 0.5) is 5.69 Å². The monoisotopic (exact) mass is 379 g/mol. The zero-order valence-corrected chi connectivity index (χ0v) is 16.3. The van der Waals surface area contributed by atoms with Gasteiger partial charge in [-0.25, -0.2) is 0 Å². The molecule has 3 heteroatoms. The molecule has 2 aromatic rings. The molecule has 1 heterocycles. The summed E-state index contributed by atoms with van der Waals surface area (Å²) in [6, 6.07) is 15.5. The Morgan fingerprint density at radius 1 is 0.862 bits per heavy atom. The Kier molecular flexibility index (Phi) is 4.17. The van der Waals surface area contributed by atoms with Crippen molar-refractivity contribution in [3.63, 3.8) is 0 Å². The molecule has 3 nitrogen and oxygen atoms in total. The first kappa shape index (κ1) is 17.6. The van der Waals surface area contributed by atoms with E-state index in [1.807, 2.05) is 25.2 Å². The fraction of sp³-hybridized carbons (Fsp3) is 0.154. The highest BCUT2D eigenvalue weighted by atomic mass is 16.2. The molecule has 0 bridgehead atoms. The fourth-order valence-electron chi connectivity index (χ4n) is 4.42. The Balaban J connectivity index is 1.57. The van der Waals surface area contributed by atoms with Gasteiger partial charge in [0.05, 0.1) is 5.57 Å². The summed E-state index contributed by atoms with van der Waals surface area (Å²) in [5, 5.41) is 0. The molecular weight excluding hydrogens is 358 g/mol. The summed E-state index contributed by atoms with van der Waals surface area (Å²) in [4.78, 5) is 27.8. The molecule has 0 saturated heterocycles. The van der Waals surface area contributed by atoms with Crippen molar-refractivity contribution < 1.29 is 9.59 Å². The number of carbonyl (C=O) groups is 2. The maximum Gasteiger partial charge on any atom is 0.197 e. The van der Waals surface area contributed by atoms with Crippen LogP contribution in [0, 0.1) is 0 Å². The number of allylic oxidation sites excluding steroid dienone is 7. The smallest absolute Gasteiger partial charge is 0.197 e. The molecule has 142 valence electrons. The van der Waals surface area contributed by atoms with E-state index in [2.05, 4.69) is 47.5 Å². The van der Waals surface area contributed by atoms with E-state index in [9.17, 15) is 9.59 Å². The maximum atomic E-state index is 12.9. The van der Waals surface area contributed by atoms with Gasteiger partial charge in [-0.15, -0.1) is 0 Å². The first-order chi connectivity index (χ1) is 14.1. The summed E-state index contributed by atoms with van der Waals surface area (Å²) in [7, 11) is 2.05. The molecule has 1 aliphatic heterocycles. The zero-order valence-electron chi connectivity index (χ0n) is 16.3. The first-order valence-electron chi connectivity index (χ1n) is 9.98. The molecule has 29 heavy (non-hydrogen) atoms. The summed E-state index contributed by atoms with van der Waals surface area (Å²) in [6.45, 7) is 0. The van der Waals surface area contributed by atoms with Gasteiger partial charge in [0.25, 0.3) is 0 Å². The van der Waals surface area contributed by atoms with Crippen LogP contribution in [0.1, 0.15) is 45.5 Å². The van der Waals surface area contributed by atoms with Crippen LogP contribution >= 0.6 is 0 Å². The van der Waals surface area contributed by atoms with E-state index in [1.54, 1.807) is 12.1 Å². The second-order valence-corrected chi connectivity index (χ2v) is 7.72. The molecule has 0 N–H and O–H groups in total. The minimum atomic E-state index is -0.129. The number of hydrogen-bond acceptors (Lipinski definition) is 3. The van der Waals surface area contributed by atoms with E-state index >= 15 is 0 Å². The standard InChI is InChI=1S/C26H21NO2/c1-27-14-13-18(20-9-4-5-12-23(20)27)15-17-7-6-8-19(16-17)24-25(28)21-10-2-3-11-22(21)26(24)29/h2-5,9-16H,6-8H2,1H3/b18-15+. The molecule has 3 aliphatic rings. The van der Waals surface area contributed by atoms with Gasteiger partial charge in [0.1, 0.15) is 0 Å². The molecule has 0 unspecified atom stereocenters. The topological polar surface area (TPSA) is 37.4 Å². The third-order valence-electron chi connectivity index (χ3n) is 5.88. The van der Waals surface area contributed by atoms with Crippen LogP contribution in [0.2, 0.25) is 0 Å². The van der Waals surface area contributed by atoms with E-state index < -0.39 is 0 Å². The minimum absolute atomic E-state index is 0.129. The molecule has 0 amide bonds. The Bertz CT molecular complexity index is 1140. The van der Waals surface area contributed by atoms with Crippen molar-refractivity contribution in [1.82, 2.24) is 0 Å². The lowest BCUT2D eigenvalue weighted by molar-refractivity contribution is 0.0987. The SMILES string of the molecule is CN1C=C/C(=C\C2=CC(=C3C(=O)c4ccccc4C3=O)CCC2)c2ccccc21. The van der Waals surface area contributed by atoms with Crippen LogP contribution in [0.5, 0.6) is 0 Å². The highest BCUT2D eigenvalue weighted by Gasteiger charge is 2.35. The van der Waals surface area contributed by atoms with Gasteiger partial charge in [-0.05, 0) is 48.1 Å². The van der Waals surface area contributed by atoms with Crippen molar-refractivity contribution in [1.29, 1.82) is 0 Å². The number of fused-ring (bicyclic) bond motifs is 2. The molecule has 2 aliphatic carbocycles. The minimum Gasteiger partial charge on any atom is -0.351 e. The number of para-hydroxylation sites is 1. The fourth-order valence-corrected chi connectivity index (χ4v) is 4.42. The summed E-state index contributed by atoms with van der Waals surface area (Å²) < 4.78 is 0. The number of benzene rings is 2. The van der Waals surface area contributed by atoms with Crippen molar-refractivity contribution in [3.05, 3.63) is 106 Å². The summed E-state index contributed by atoms with van der Waals surface area (Å²) >= 11 is 0. The van der Waals surface area contributed by atoms with Crippen LogP contribution in [0.15, 0.2) is 89.7 Å². The summed E-state index contributed by atoms with van der Waals surface area (Å²) in [5.41, 5.74) is 6.99. The van der Waals surface area contributed by atoms with Crippen molar-refractivity contribution in [2.24, 2.45) is 0 Å². The van der Waals surface area contributed by atoms with Crippen LogP contribution in [-0.2, 0) is 0 Å². The van der Waals surface area contributed by atoms with Gasteiger partial charge in [-0.3, -0.25) is 9.59 Å². The van der Waals surface area contributed by atoms with E-state index in [0.29, 0.717) is 16.7 Å². The molecule has 0 spiro atoms. The quantitative estimate of drug-likeness (QED) is 0.484. The average molecular weight is 379 g/mol. The van der Waals surface area contributed by atoms with Crippen LogP contribution in [0.25, 0.3) is 5.57 Å². The highest BCUT2D eigenvalue weighted by Crippen LogP contribution is 2.36. The summed E-state index contributed by atoms with van der Waals surface area (Å²) in [5.74, 6) is -0.259. The highest BCUT2D eigenvalue weighted by molar-refractivity contribution is 6.40. The van der Waals surface area contributed by atoms with Crippen molar-refractivity contribution in [3.8, 4) is 0 Å². The van der Waals surface area contributed by atoms with Gasteiger partial charge in [0, 0.05) is 35.6 Å². The predicted molar refractivity (Wildman–Crippen MR) is 116 cm³/mol. The third-order valence-corrected chi connectivity index (χ3v) is 5.88. The van der Waals surface area contributed by atoms with Gasteiger partial charge in [0.2, 0.25) is 0 Å². The molecular formula is C26H21NO2. The van der Waals surface area contributed by atoms with Crippen LogP contribution in [-0.4, -0.2) is 18.6 Å². The largest absolute Gasteiger partial charge is 0.351 e. The Hall–Kier alpha value is -3.46.